The molecule has 0 aromatic heterocycles. The highest BCUT2D eigenvalue weighted by Crippen LogP contribution is 2.35. The zero-order valence-corrected chi connectivity index (χ0v) is 18.6. The second-order valence-corrected chi connectivity index (χ2v) is 9.07. The smallest absolute Gasteiger partial charge is 0.315 e. The quantitative estimate of drug-likeness (QED) is 0.770. The van der Waals surface area contributed by atoms with E-state index in [0.29, 0.717) is 6.54 Å². The zero-order chi connectivity index (χ0) is 21.8. The third-order valence-corrected chi connectivity index (χ3v) is 5.60. The first-order valence-electron chi connectivity index (χ1n) is 10.9. The number of urea groups is 1. The number of anilines is 1. The van der Waals surface area contributed by atoms with Crippen molar-refractivity contribution in [3.63, 3.8) is 0 Å². The average Bonchev–Trinajstić information content (AvgIpc) is 3.22. The number of rotatable bonds is 5. The Morgan fingerprint density at radius 1 is 1.00 bits per heavy atom. The van der Waals surface area contributed by atoms with E-state index in [2.05, 4.69) is 50.8 Å². The minimum absolute atomic E-state index is 0.0538. The van der Waals surface area contributed by atoms with Crippen molar-refractivity contribution in [3.05, 3.63) is 54.1 Å². The lowest BCUT2D eigenvalue weighted by Gasteiger charge is -2.40. The first kappa shape index (κ1) is 21.3. The van der Waals surface area contributed by atoms with Crippen LogP contribution in [-0.4, -0.2) is 56.0 Å². The van der Waals surface area contributed by atoms with Crippen LogP contribution in [0, 0.1) is 0 Å². The zero-order valence-electron chi connectivity index (χ0n) is 18.6. The van der Waals surface area contributed by atoms with Gasteiger partial charge in [-0.2, -0.15) is 0 Å². The summed E-state index contributed by atoms with van der Waals surface area (Å²) in [6.45, 7) is 10.4. The molecular weight excluding hydrogens is 392 g/mol. The minimum Gasteiger partial charge on any atom is -0.454 e. The van der Waals surface area contributed by atoms with Gasteiger partial charge in [-0.15, -0.1) is 0 Å². The van der Waals surface area contributed by atoms with Gasteiger partial charge in [0.15, 0.2) is 11.5 Å². The number of hydrogen-bond acceptors (Lipinski definition) is 5. The summed E-state index contributed by atoms with van der Waals surface area (Å²) >= 11 is 0. The van der Waals surface area contributed by atoms with Crippen molar-refractivity contribution in [1.29, 1.82) is 0 Å². The molecule has 7 nitrogen and oxygen atoms in total. The summed E-state index contributed by atoms with van der Waals surface area (Å²) < 4.78 is 11.1. The molecule has 4 rings (SSSR count). The summed E-state index contributed by atoms with van der Waals surface area (Å²) in [5.41, 5.74) is 2.09. The molecule has 1 saturated heterocycles. The first-order valence-corrected chi connectivity index (χ1v) is 10.9. The molecule has 31 heavy (non-hydrogen) atoms. The highest BCUT2D eigenvalue weighted by atomic mass is 16.7. The fraction of sp³-hybridized carbons (Fsp3) is 0.458. The molecule has 1 atom stereocenters. The van der Waals surface area contributed by atoms with Gasteiger partial charge in [-0.25, -0.2) is 4.79 Å². The molecule has 7 heteroatoms. The molecule has 1 fully saturated rings. The van der Waals surface area contributed by atoms with Crippen LogP contribution < -0.4 is 25.0 Å². The molecule has 0 spiro atoms. The van der Waals surface area contributed by atoms with Crippen molar-refractivity contribution in [1.82, 2.24) is 15.5 Å². The van der Waals surface area contributed by atoms with E-state index in [1.807, 2.05) is 39.0 Å². The highest BCUT2D eigenvalue weighted by molar-refractivity contribution is 5.74. The molecule has 2 heterocycles. The van der Waals surface area contributed by atoms with Crippen LogP contribution in [0.15, 0.2) is 48.5 Å². The van der Waals surface area contributed by atoms with Gasteiger partial charge in [0.2, 0.25) is 6.79 Å². The van der Waals surface area contributed by atoms with Crippen LogP contribution in [0.2, 0.25) is 0 Å². The summed E-state index contributed by atoms with van der Waals surface area (Å²) in [5, 5.41) is 6.05. The molecule has 0 unspecified atom stereocenters. The lowest BCUT2D eigenvalue weighted by Crippen LogP contribution is -2.52. The minimum atomic E-state index is -0.278. The number of nitrogens with one attached hydrogen (secondary N) is 2. The van der Waals surface area contributed by atoms with Crippen LogP contribution in [0.25, 0.3) is 0 Å². The molecule has 0 bridgehead atoms. The summed E-state index contributed by atoms with van der Waals surface area (Å²) in [5.74, 6) is 1.54. The Labute approximate surface area is 184 Å². The number of nitrogens with zero attached hydrogens (tertiary/aromatic N) is 2. The van der Waals surface area contributed by atoms with Gasteiger partial charge in [-0.3, -0.25) is 4.90 Å². The van der Waals surface area contributed by atoms with Crippen LogP contribution >= 0.6 is 0 Å². The second-order valence-electron chi connectivity index (χ2n) is 9.07. The maximum absolute atomic E-state index is 12.4. The number of carbonyl (C=O) groups excluding carboxylic acids is 1. The van der Waals surface area contributed by atoms with Gasteiger partial charge < -0.3 is 25.0 Å². The van der Waals surface area contributed by atoms with Crippen LogP contribution in [0.4, 0.5) is 10.5 Å². The molecule has 2 aromatic carbocycles. The lowest BCUT2D eigenvalue weighted by molar-refractivity contribution is 0.172. The predicted molar refractivity (Wildman–Crippen MR) is 122 cm³/mol. The maximum Gasteiger partial charge on any atom is 0.315 e. The van der Waals surface area contributed by atoms with Gasteiger partial charge in [0.25, 0.3) is 0 Å². The van der Waals surface area contributed by atoms with Crippen molar-refractivity contribution < 1.29 is 14.3 Å². The topological polar surface area (TPSA) is 66.1 Å². The summed E-state index contributed by atoms with van der Waals surface area (Å²) in [7, 11) is 0. The third kappa shape index (κ3) is 5.41. The number of benzene rings is 2. The number of para-hydroxylation sites is 1. The lowest BCUT2D eigenvalue weighted by atomic mass is 10.0. The monoisotopic (exact) mass is 424 g/mol. The standard InChI is InChI=1S/C24H32N4O3/c1-24(2,3)26-23(29)25-16-20(18-9-10-21-22(15-18)31-17-30-21)28-13-11-27(12-14-28)19-7-5-4-6-8-19/h4-10,15,20H,11-14,16-17H2,1-3H3,(H2,25,26,29)/t20-/m0/s1. The van der Waals surface area contributed by atoms with Gasteiger partial charge in [-0.05, 0) is 50.6 Å². The first-order chi connectivity index (χ1) is 14.9. The van der Waals surface area contributed by atoms with E-state index in [-0.39, 0.29) is 24.4 Å². The van der Waals surface area contributed by atoms with Crippen molar-refractivity contribution in [2.24, 2.45) is 0 Å². The van der Waals surface area contributed by atoms with Gasteiger partial charge in [0.1, 0.15) is 0 Å². The molecule has 0 saturated carbocycles. The fourth-order valence-electron chi connectivity index (χ4n) is 4.08. The number of hydrogen-bond donors (Lipinski definition) is 2. The predicted octanol–water partition coefficient (Wildman–Crippen LogP) is 3.38. The van der Waals surface area contributed by atoms with Crippen LogP contribution in [0.1, 0.15) is 32.4 Å². The van der Waals surface area contributed by atoms with E-state index < -0.39 is 0 Å². The number of ether oxygens (including phenoxy) is 2. The SMILES string of the molecule is CC(C)(C)NC(=O)NC[C@@H](c1ccc2c(c1)OCO2)N1CCN(c2ccccc2)CC1. The third-order valence-electron chi connectivity index (χ3n) is 5.60. The Bertz CT molecular complexity index is 889. The van der Waals surface area contributed by atoms with Crippen molar-refractivity contribution in [2.45, 2.75) is 32.4 Å². The van der Waals surface area contributed by atoms with Crippen LogP contribution in [0.3, 0.4) is 0 Å². The molecule has 2 aromatic rings. The van der Waals surface area contributed by atoms with E-state index >= 15 is 0 Å². The van der Waals surface area contributed by atoms with Crippen LogP contribution in [-0.2, 0) is 0 Å². The Balaban J connectivity index is 1.47. The average molecular weight is 425 g/mol. The molecule has 2 N–H and O–H groups in total. The molecule has 2 aliphatic heterocycles. The Hall–Kier alpha value is -2.93. The van der Waals surface area contributed by atoms with Crippen molar-refractivity contribution in [3.8, 4) is 11.5 Å². The molecule has 0 aliphatic carbocycles. The van der Waals surface area contributed by atoms with E-state index in [4.69, 9.17) is 9.47 Å². The van der Waals surface area contributed by atoms with Gasteiger partial charge in [0, 0.05) is 44.0 Å². The summed E-state index contributed by atoms with van der Waals surface area (Å²) in [4.78, 5) is 17.3. The van der Waals surface area contributed by atoms with Gasteiger partial charge >= 0.3 is 6.03 Å². The Kier molecular flexibility index (Phi) is 6.23. The van der Waals surface area contributed by atoms with E-state index in [9.17, 15) is 4.79 Å². The molecule has 2 amide bonds. The van der Waals surface area contributed by atoms with Gasteiger partial charge in [0.05, 0.1) is 6.04 Å². The Morgan fingerprint density at radius 3 is 2.42 bits per heavy atom. The van der Waals surface area contributed by atoms with E-state index in [0.717, 1.165) is 43.2 Å². The molecule has 166 valence electrons. The van der Waals surface area contributed by atoms with Crippen molar-refractivity contribution >= 4 is 11.7 Å². The number of fused-ring (bicyclic) bond motifs is 1. The summed E-state index contributed by atoms with van der Waals surface area (Å²) in [6, 6.07) is 16.5. The van der Waals surface area contributed by atoms with E-state index in [1.165, 1.54) is 5.69 Å². The van der Waals surface area contributed by atoms with E-state index in [1.54, 1.807) is 0 Å². The largest absolute Gasteiger partial charge is 0.454 e. The van der Waals surface area contributed by atoms with Crippen molar-refractivity contribution in [2.75, 3.05) is 44.4 Å². The normalized spacial score (nSPS) is 17.3. The number of carbonyl (C=O) groups is 1. The van der Waals surface area contributed by atoms with Crippen LogP contribution in [0.5, 0.6) is 11.5 Å². The summed E-state index contributed by atoms with van der Waals surface area (Å²) in [6.07, 6.45) is 0. The second kappa shape index (κ2) is 9.06. The maximum atomic E-state index is 12.4. The molecule has 0 radical (unpaired) electrons. The molecule has 2 aliphatic rings. The molecular formula is C24H32N4O3. The highest BCUT2D eigenvalue weighted by Gasteiger charge is 2.27. The number of amides is 2. The Morgan fingerprint density at radius 2 is 1.71 bits per heavy atom. The fourth-order valence-corrected chi connectivity index (χ4v) is 4.08. The number of piperazine rings is 1. The van der Waals surface area contributed by atoms with Gasteiger partial charge in [-0.1, -0.05) is 24.3 Å².